The molecule has 0 aliphatic carbocycles. The van der Waals surface area contributed by atoms with Gasteiger partial charge >= 0.3 is 0 Å². The molecule has 0 spiro atoms. The van der Waals surface area contributed by atoms with Gasteiger partial charge in [0.2, 0.25) is 5.91 Å². The summed E-state index contributed by atoms with van der Waals surface area (Å²) in [7, 11) is 0. The van der Waals surface area contributed by atoms with Crippen molar-refractivity contribution >= 4 is 5.91 Å². The summed E-state index contributed by atoms with van der Waals surface area (Å²) in [6.45, 7) is 3.77. The van der Waals surface area contributed by atoms with Crippen LogP contribution in [0.3, 0.4) is 0 Å². The van der Waals surface area contributed by atoms with Crippen molar-refractivity contribution in [3.63, 3.8) is 0 Å². The molecule has 0 radical (unpaired) electrons. The molecule has 7 unspecified atom stereocenters. The van der Waals surface area contributed by atoms with E-state index in [-0.39, 0.29) is 12.5 Å². The van der Waals surface area contributed by atoms with Gasteiger partial charge in [-0.1, -0.05) is 147 Å². The van der Waals surface area contributed by atoms with Gasteiger partial charge < -0.3 is 40.3 Å². The maximum absolute atomic E-state index is 12.9. The Balaban J connectivity index is 2.37. The summed E-state index contributed by atoms with van der Waals surface area (Å²) in [6.07, 6.45) is 28.9. The van der Waals surface area contributed by atoms with Gasteiger partial charge in [-0.05, 0) is 44.9 Å². The van der Waals surface area contributed by atoms with E-state index in [2.05, 4.69) is 43.5 Å². The summed E-state index contributed by atoms with van der Waals surface area (Å²) in [5.41, 5.74) is 0. The van der Waals surface area contributed by atoms with E-state index in [4.69, 9.17) is 9.47 Å². The van der Waals surface area contributed by atoms with Crippen molar-refractivity contribution in [1.29, 1.82) is 0 Å². The van der Waals surface area contributed by atoms with Crippen LogP contribution in [0.25, 0.3) is 0 Å². The van der Waals surface area contributed by atoms with Crippen molar-refractivity contribution in [3.05, 3.63) is 24.3 Å². The van der Waals surface area contributed by atoms with Crippen molar-refractivity contribution in [2.75, 3.05) is 13.2 Å². The van der Waals surface area contributed by atoms with Crippen LogP contribution in [0.5, 0.6) is 0 Å². The molecule has 6 N–H and O–H groups in total. The summed E-state index contributed by atoms with van der Waals surface area (Å²) in [5, 5.41) is 54.1. The van der Waals surface area contributed by atoms with E-state index in [0.29, 0.717) is 12.8 Å². The third-order valence-electron chi connectivity index (χ3n) is 9.81. The van der Waals surface area contributed by atoms with Crippen LogP contribution in [0, 0.1) is 0 Å². The monoisotopic (exact) mass is 712 g/mol. The number of unbranched alkanes of at least 4 members (excludes halogenated alkanes) is 19. The van der Waals surface area contributed by atoms with Gasteiger partial charge in [-0.3, -0.25) is 4.79 Å². The highest BCUT2D eigenvalue weighted by molar-refractivity contribution is 5.76. The number of allylic oxidation sites excluding steroid dienone is 4. The van der Waals surface area contributed by atoms with E-state index >= 15 is 0 Å². The van der Waals surface area contributed by atoms with Crippen LogP contribution in [0.4, 0.5) is 0 Å². The van der Waals surface area contributed by atoms with Crippen LogP contribution in [-0.2, 0) is 14.3 Å². The molecule has 1 aliphatic rings. The second-order valence-corrected chi connectivity index (χ2v) is 14.4. The Bertz CT molecular complexity index is 837. The highest BCUT2D eigenvalue weighted by Gasteiger charge is 2.44. The standard InChI is InChI=1S/C41H77NO8/c1-3-5-7-9-11-13-15-16-17-18-19-20-21-23-25-27-29-31-37(45)42-34(33-49-41-40(48)39(47)38(46)36(32-43)50-41)35(44)30-28-26-24-22-14-12-10-8-6-4-2/h11,13,16-17,34-36,38-41,43-44,46-48H,3-10,12,14-15,18-33H2,1-2H3,(H,42,45)/b13-11-,17-16-. The molecule has 1 aliphatic heterocycles. The van der Waals surface area contributed by atoms with Crippen molar-refractivity contribution in [3.8, 4) is 0 Å². The van der Waals surface area contributed by atoms with Crippen molar-refractivity contribution in [2.45, 2.75) is 217 Å². The highest BCUT2D eigenvalue weighted by atomic mass is 16.7. The summed E-state index contributed by atoms with van der Waals surface area (Å²) < 4.78 is 11.2. The minimum Gasteiger partial charge on any atom is -0.394 e. The zero-order valence-electron chi connectivity index (χ0n) is 31.9. The predicted molar refractivity (Wildman–Crippen MR) is 203 cm³/mol. The molecule has 1 rings (SSSR count). The van der Waals surface area contributed by atoms with E-state index < -0.39 is 49.5 Å². The molecule has 7 atom stereocenters. The molecular formula is C41H77NO8. The van der Waals surface area contributed by atoms with Crippen LogP contribution in [0.2, 0.25) is 0 Å². The quantitative estimate of drug-likeness (QED) is 0.0302. The number of aliphatic hydroxyl groups is 5. The van der Waals surface area contributed by atoms with Gasteiger partial charge in [0, 0.05) is 6.42 Å². The Hall–Kier alpha value is -1.33. The first-order chi connectivity index (χ1) is 24.3. The van der Waals surface area contributed by atoms with Gasteiger partial charge in [-0.15, -0.1) is 0 Å². The molecule has 0 aromatic rings. The average Bonchev–Trinajstić information content (AvgIpc) is 3.11. The lowest BCUT2D eigenvalue weighted by Crippen LogP contribution is -2.60. The fourth-order valence-electron chi connectivity index (χ4n) is 6.42. The van der Waals surface area contributed by atoms with Crippen molar-refractivity contribution in [2.24, 2.45) is 0 Å². The van der Waals surface area contributed by atoms with Gasteiger partial charge in [0.05, 0.1) is 25.4 Å². The number of ether oxygens (including phenoxy) is 2. The smallest absolute Gasteiger partial charge is 0.220 e. The van der Waals surface area contributed by atoms with Gasteiger partial charge in [0.1, 0.15) is 24.4 Å². The summed E-state index contributed by atoms with van der Waals surface area (Å²) in [4.78, 5) is 12.9. The minimum absolute atomic E-state index is 0.141. The van der Waals surface area contributed by atoms with Crippen LogP contribution >= 0.6 is 0 Å². The number of rotatable bonds is 33. The van der Waals surface area contributed by atoms with Crippen LogP contribution in [0.15, 0.2) is 24.3 Å². The summed E-state index contributed by atoms with van der Waals surface area (Å²) in [6, 6.07) is -0.718. The number of nitrogens with one attached hydrogen (secondary N) is 1. The molecule has 0 aromatic carbocycles. The van der Waals surface area contributed by atoms with Crippen molar-refractivity contribution in [1.82, 2.24) is 5.32 Å². The molecule has 50 heavy (non-hydrogen) atoms. The SMILES string of the molecule is CCCCC/C=C\C/C=C\CCCCCCCCCC(=O)NC(COC1OC(CO)C(O)C(O)C1O)C(O)CCCCCCCCCCCC. The van der Waals surface area contributed by atoms with Gasteiger partial charge in [0.25, 0.3) is 0 Å². The Morgan fingerprint density at radius 2 is 1.18 bits per heavy atom. The molecule has 1 saturated heterocycles. The van der Waals surface area contributed by atoms with E-state index in [1.54, 1.807) is 0 Å². The Morgan fingerprint density at radius 1 is 0.680 bits per heavy atom. The summed E-state index contributed by atoms with van der Waals surface area (Å²) in [5.74, 6) is -0.155. The maximum Gasteiger partial charge on any atom is 0.220 e. The van der Waals surface area contributed by atoms with Gasteiger partial charge in [0.15, 0.2) is 6.29 Å². The van der Waals surface area contributed by atoms with Crippen LogP contribution in [0.1, 0.15) is 174 Å². The fraction of sp³-hybridized carbons (Fsp3) is 0.878. The van der Waals surface area contributed by atoms with Gasteiger partial charge in [-0.2, -0.15) is 0 Å². The summed E-state index contributed by atoms with van der Waals surface area (Å²) >= 11 is 0. The third kappa shape index (κ3) is 23.3. The molecule has 1 heterocycles. The topological polar surface area (TPSA) is 149 Å². The number of hydrogen-bond acceptors (Lipinski definition) is 8. The Morgan fingerprint density at radius 3 is 1.76 bits per heavy atom. The molecule has 9 heteroatoms. The fourth-order valence-corrected chi connectivity index (χ4v) is 6.42. The van der Waals surface area contributed by atoms with Crippen LogP contribution < -0.4 is 5.32 Å². The zero-order valence-corrected chi connectivity index (χ0v) is 31.9. The molecule has 0 bridgehead atoms. The van der Waals surface area contributed by atoms with E-state index in [0.717, 1.165) is 51.4 Å². The first kappa shape index (κ1) is 46.7. The predicted octanol–water partition coefficient (Wildman–Crippen LogP) is 7.55. The second kappa shape index (κ2) is 32.3. The molecule has 294 valence electrons. The van der Waals surface area contributed by atoms with Crippen LogP contribution in [-0.4, -0.2) is 87.5 Å². The van der Waals surface area contributed by atoms with Gasteiger partial charge in [-0.25, -0.2) is 0 Å². The van der Waals surface area contributed by atoms with E-state index in [1.165, 1.54) is 96.3 Å². The zero-order chi connectivity index (χ0) is 36.7. The number of aliphatic hydroxyl groups excluding tert-OH is 5. The second-order valence-electron chi connectivity index (χ2n) is 14.4. The molecule has 1 fully saturated rings. The lowest BCUT2D eigenvalue weighted by Gasteiger charge is -2.40. The Kier molecular flexibility index (Phi) is 30.2. The highest BCUT2D eigenvalue weighted by Crippen LogP contribution is 2.23. The molecule has 0 saturated carbocycles. The largest absolute Gasteiger partial charge is 0.394 e. The molecule has 9 nitrogen and oxygen atoms in total. The van der Waals surface area contributed by atoms with E-state index in [1.807, 2.05) is 0 Å². The lowest BCUT2D eigenvalue weighted by atomic mass is 9.99. The normalized spacial score (nSPS) is 22.4. The maximum atomic E-state index is 12.9. The first-order valence-corrected chi connectivity index (χ1v) is 20.5. The Labute approximate surface area is 305 Å². The average molecular weight is 712 g/mol. The number of hydrogen-bond donors (Lipinski definition) is 6. The number of carbonyl (C=O) groups excluding carboxylic acids is 1. The molecule has 1 amide bonds. The van der Waals surface area contributed by atoms with E-state index in [9.17, 15) is 30.3 Å². The first-order valence-electron chi connectivity index (χ1n) is 20.5. The third-order valence-corrected chi connectivity index (χ3v) is 9.81. The minimum atomic E-state index is -1.55. The molecule has 0 aromatic heterocycles. The number of amides is 1. The molecular weight excluding hydrogens is 634 g/mol. The van der Waals surface area contributed by atoms with Crippen molar-refractivity contribution < 1.29 is 39.8 Å². The lowest BCUT2D eigenvalue weighted by molar-refractivity contribution is -0.302. The number of carbonyl (C=O) groups is 1.